The van der Waals surface area contributed by atoms with Crippen molar-refractivity contribution < 1.29 is 13.9 Å². The molecule has 0 saturated carbocycles. The van der Waals surface area contributed by atoms with Gasteiger partial charge in [0, 0.05) is 5.56 Å². The van der Waals surface area contributed by atoms with Gasteiger partial charge in [-0.15, -0.1) is 0 Å². The second kappa shape index (κ2) is 9.75. The Morgan fingerprint density at radius 2 is 1.81 bits per heavy atom. The molecule has 6 nitrogen and oxygen atoms in total. The quantitative estimate of drug-likeness (QED) is 0.241. The maximum Gasteiger partial charge on any atom is 0.333 e. The number of hydrogen-bond acceptors (Lipinski definition) is 6. The van der Waals surface area contributed by atoms with Crippen LogP contribution in [0.2, 0.25) is 0 Å². The molecular weight excluding hydrogens is 458 g/mol. The van der Waals surface area contributed by atoms with Crippen LogP contribution in [-0.2, 0) is 9.53 Å². The molecule has 0 fully saturated rings. The molecule has 0 radical (unpaired) electrons. The lowest BCUT2D eigenvalue weighted by Gasteiger charge is -2.19. The summed E-state index contributed by atoms with van der Waals surface area (Å²) in [5.41, 5.74) is 2.13. The third-order valence-corrected chi connectivity index (χ3v) is 5.61. The summed E-state index contributed by atoms with van der Waals surface area (Å²) in [6, 6.07) is 18.5. The van der Waals surface area contributed by atoms with Gasteiger partial charge in [-0.2, -0.15) is 0 Å². The lowest BCUT2D eigenvalue weighted by molar-refractivity contribution is -0.144. The zero-order valence-corrected chi connectivity index (χ0v) is 18.6. The number of unbranched alkanes of at least 4 members (excludes halogenated alkanes) is 1. The average Bonchev–Trinajstić information content (AvgIpc) is 3.16. The summed E-state index contributed by atoms with van der Waals surface area (Å²) < 4.78 is 12.2. The second-order valence-corrected chi connectivity index (χ2v) is 7.82. The zero-order chi connectivity index (χ0) is 21.6. The van der Waals surface area contributed by atoms with Gasteiger partial charge in [0.1, 0.15) is 12.1 Å². The number of halogens is 1. The first-order chi connectivity index (χ1) is 15.2. The smallest absolute Gasteiger partial charge is 0.333 e. The van der Waals surface area contributed by atoms with Gasteiger partial charge in [-0.1, -0.05) is 74.0 Å². The molecule has 0 saturated heterocycles. The first-order valence-electron chi connectivity index (χ1n) is 10.2. The molecule has 158 valence electrons. The van der Waals surface area contributed by atoms with Crippen LogP contribution in [0.1, 0.15) is 31.4 Å². The van der Waals surface area contributed by atoms with E-state index in [-0.39, 0.29) is 5.97 Å². The van der Waals surface area contributed by atoms with Crippen molar-refractivity contribution in [1.29, 1.82) is 0 Å². The lowest BCUT2D eigenvalue weighted by Crippen LogP contribution is -2.24. The number of carbonyl (C=O) groups is 1. The first-order valence-corrected chi connectivity index (χ1v) is 10.9. The molecule has 2 aromatic heterocycles. The van der Waals surface area contributed by atoms with Crippen molar-refractivity contribution in [2.75, 3.05) is 11.9 Å². The van der Waals surface area contributed by atoms with Gasteiger partial charge in [-0.05, 0) is 27.9 Å². The van der Waals surface area contributed by atoms with Crippen LogP contribution in [0.3, 0.4) is 0 Å². The topological polar surface area (TPSA) is 77.2 Å². The maximum absolute atomic E-state index is 12.9. The summed E-state index contributed by atoms with van der Waals surface area (Å²) >= 11 is 3.64. The molecule has 1 unspecified atom stereocenters. The number of aromatic nitrogens is 2. The van der Waals surface area contributed by atoms with Gasteiger partial charge < -0.3 is 14.5 Å². The van der Waals surface area contributed by atoms with Gasteiger partial charge in [-0.25, -0.2) is 14.8 Å². The molecule has 0 aliphatic carbocycles. The maximum atomic E-state index is 12.9. The monoisotopic (exact) mass is 479 g/mol. The minimum absolute atomic E-state index is 0.352. The summed E-state index contributed by atoms with van der Waals surface area (Å²) in [7, 11) is 0. The van der Waals surface area contributed by atoms with E-state index in [2.05, 4.69) is 38.1 Å². The minimum atomic E-state index is -0.710. The lowest BCUT2D eigenvalue weighted by atomic mass is 10.1. The van der Waals surface area contributed by atoms with E-state index in [1.54, 1.807) is 0 Å². The van der Waals surface area contributed by atoms with Crippen LogP contribution in [0.4, 0.5) is 5.82 Å². The van der Waals surface area contributed by atoms with Crippen molar-refractivity contribution in [2.24, 2.45) is 0 Å². The highest BCUT2D eigenvalue weighted by molar-refractivity contribution is 9.10. The number of furan rings is 1. The number of esters is 1. The Kier molecular flexibility index (Phi) is 6.62. The predicted octanol–water partition coefficient (Wildman–Crippen LogP) is 6.15. The normalized spacial score (nSPS) is 11.9. The van der Waals surface area contributed by atoms with E-state index < -0.39 is 6.04 Å². The van der Waals surface area contributed by atoms with Crippen LogP contribution < -0.4 is 5.32 Å². The highest BCUT2D eigenvalue weighted by Crippen LogP contribution is 2.40. The molecule has 2 aromatic carbocycles. The van der Waals surface area contributed by atoms with Crippen LogP contribution in [0.5, 0.6) is 0 Å². The van der Waals surface area contributed by atoms with Crippen LogP contribution in [-0.4, -0.2) is 22.5 Å². The molecule has 0 aliphatic rings. The molecule has 31 heavy (non-hydrogen) atoms. The third-order valence-electron chi connectivity index (χ3n) is 4.86. The molecule has 1 N–H and O–H groups in total. The Morgan fingerprint density at radius 3 is 2.52 bits per heavy atom. The summed E-state index contributed by atoms with van der Waals surface area (Å²) in [5, 5.41) is 3.93. The van der Waals surface area contributed by atoms with Crippen molar-refractivity contribution in [3.05, 3.63) is 77.0 Å². The second-order valence-electron chi connectivity index (χ2n) is 7.02. The molecule has 4 aromatic rings. The average molecular weight is 480 g/mol. The number of hydrogen-bond donors (Lipinski definition) is 1. The number of rotatable bonds is 8. The van der Waals surface area contributed by atoms with Crippen LogP contribution in [0.15, 0.2) is 75.9 Å². The molecule has 0 spiro atoms. The van der Waals surface area contributed by atoms with Crippen LogP contribution in [0, 0.1) is 0 Å². The first kappa shape index (κ1) is 21.1. The van der Waals surface area contributed by atoms with Gasteiger partial charge >= 0.3 is 5.97 Å². The van der Waals surface area contributed by atoms with Crippen LogP contribution in [0.25, 0.3) is 22.4 Å². The van der Waals surface area contributed by atoms with Crippen LogP contribution >= 0.6 is 15.9 Å². The number of fused-ring (bicyclic) bond motifs is 1. The SMILES string of the molecule is CCCCOC(=O)C(Nc1ncnc2oc(-c3ccccc3)c(Br)c12)c1ccccc1. The Labute approximate surface area is 188 Å². The highest BCUT2D eigenvalue weighted by Gasteiger charge is 2.26. The predicted molar refractivity (Wildman–Crippen MR) is 124 cm³/mol. The fourth-order valence-corrected chi connectivity index (χ4v) is 3.91. The largest absolute Gasteiger partial charge is 0.464 e. The summed E-state index contributed by atoms with van der Waals surface area (Å²) in [6.07, 6.45) is 3.19. The standard InChI is InChI=1S/C24H22BrN3O3/c1-2-3-14-30-24(29)20(16-10-6-4-7-11-16)28-22-18-19(25)21(17-12-8-5-9-13-17)31-23(18)27-15-26-22/h4-13,15,20H,2-3,14H2,1H3,(H,26,27,28). The summed E-state index contributed by atoms with van der Waals surface area (Å²) in [5.74, 6) is 0.791. The van der Waals surface area contributed by atoms with Gasteiger partial charge in [0.2, 0.25) is 5.71 Å². The Bertz CT molecular complexity index is 1160. The Morgan fingerprint density at radius 1 is 1.10 bits per heavy atom. The number of carbonyl (C=O) groups excluding carboxylic acids is 1. The van der Waals surface area contributed by atoms with Gasteiger partial charge in [0.05, 0.1) is 16.5 Å². The molecular formula is C24H22BrN3O3. The van der Waals surface area contributed by atoms with E-state index in [0.717, 1.165) is 28.4 Å². The van der Waals surface area contributed by atoms with E-state index >= 15 is 0 Å². The summed E-state index contributed by atoms with van der Waals surface area (Å²) in [6.45, 7) is 2.44. The number of benzene rings is 2. The molecule has 2 heterocycles. The van der Waals surface area contributed by atoms with E-state index in [1.165, 1.54) is 6.33 Å². The number of ether oxygens (including phenoxy) is 1. The van der Waals surface area contributed by atoms with Crippen molar-refractivity contribution in [3.63, 3.8) is 0 Å². The van der Waals surface area contributed by atoms with Crippen molar-refractivity contribution in [2.45, 2.75) is 25.8 Å². The molecule has 0 bridgehead atoms. The Hall–Kier alpha value is -3.19. The van der Waals surface area contributed by atoms with E-state index in [1.807, 2.05) is 60.7 Å². The zero-order valence-electron chi connectivity index (χ0n) is 17.0. The van der Waals surface area contributed by atoms with Crippen molar-refractivity contribution in [3.8, 4) is 11.3 Å². The fraction of sp³-hybridized carbons (Fsp3) is 0.208. The Balaban J connectivity index is 1.72. The molecule has 0 aliphatic heterocycles. The number of nitrogens with one attached hydrogen (secondary N) is 1. The number of anilines is 1. The number of nitrogens with zero attached hydrogens (tertiary/aromatic N) is 2. The highest BCUT2D eigenvalue weighted by atomic mass is 79.9. The van der Waals surface area contributed by atoms with Crippen molar-refractivity contribution in [1.82, 2.24) is 9.97 Å². The molecule has 7 heteroatoms. The molecule has 4 rings (SSSR count). The van der Waals surface area contributed by atoms with E-state index in [4.69, 9.17) is 9.15 Å². The summed E-state index contributed by atoms with van der Waals surface area (Å²) in [4.78, 5) is 21.6. The van der Waals surface area contributed by atoms with E-state index in [9.17, 15) is 4.79 Å². The third kappa shape index (κ3) is 4.61. The van der Waals surface area contributed by atoms with Gasteiger partial charge in [0.15, 0.2) is 11.8 Å². The molecule has 0 amide bonds. The minimum Gasteiger partial charge on any atom is -0.464 e. The van der Waals surface area contributed by atoms with E-state index in [0.29, 0.717) is 29.3 Å². The van der Waals surface area contributed by atoms with Gasteiger partial charge in [0.25, 0.3) is 0 Å². The van der Waals surface area contributed by atoms with Gasteiger partial charge in [-0.3, -0.25) is 0 Å². The van der Waals surface area contributed by atoms with Crippen molar-refractivity contribution >= 4 is 38.8 Å². The fourth-order valence-electron chi connectivity index (χ4n) is 3.25. The molecule has 1 atom stereocenters.